The SMILES string of the molecule is CN(C)C(=S)SC(=S)Oc1ccc(Br)cc1. The van der Waals surface area contributed by atoms with Crippen LogP contribution < -0.4 is 4.74 Å². The molecule has 1 rings (SSSR count). The van der Waals surface area contributed by atoms with Crippen LogP contribution in [0.15, 0.2) is 28.7 Å². The van der Waals surface area contributed by atoms with Gasteiger partial charge in [-0.25, -0.2) is 0 Å². The van der Waals surface area contributed by atoms with Crippen molar-refractivity contribution in [1.82, 2.24) is 4.90 Å². The van der Waals surface area contributed by atoms with Gasteiger partial charge in [-0.05, 0) is 48.2 Å². The number of halogens is 1. The molecule has 16 heavy (non-hydrogen) atoms. The van der Waals surface area contributed by atoms with Crippen molar-refractivity contribution >= 4 is 60.8 Å². The quantitative estimate of drug-likeness (QED) is 0.723. The summed E-state index contributed by atoms with van der Waals surface area (Å²) >= 11 is 14.8. The van der Waals surface area contributed by atoms with E-state index in [1.165, 1.54) is 11.8 Å². The molecule has 0 amide bonds. The van der Waals surface area contributed by atoms with Crippen LogP contribution in [-0.2, 0) is 0 Å². The standard InChI is InChI=1S/C10H10BrNOS3/c1-12(2)9(14)16-10(15)13-8-5-3-7(11)4-6-8/h3-6H,1-2H3. The van der Waals surface area contributed by atoms with Crippen LogP contribution in [-0.4, -0.2) is 27.7 Å². The lowest BCUT2D eigenvalue weighted by molar-refractivity contribution is 0.579. The molecule has 0 radical (unpaired) electrons. The smallest absolute Gasteiger partial charge is 0.232 e. The summed E-state index contributed by atoms with van der Waals surface area (Å²) < 4.78 is 7.54. The molecule has 0 atom stereocenters. The van der Waals surface area contributed by atoms with Gasteiger partial charge in [0, 0.05) is 18.6 Å². The molecule has 0 aliphatic rings. The highest BCUT2D eigenvalue weighted by molar-refractivity contribution is 9.10. The number of nitrogens with zero attached hydrogens (tertiary/aromatic N) is 1. The number of thioether (sulfide) groups is 1. The Labute approximate surface area is 118 Å². The van der Waals surface area contributed by atoms with Gasteiger partial charge in [-0.15, -0.1) is 0 Å². The second-order valence-electron chi connectivity index (χ2n) is 3.07. The molecule has 6 heteroatoms. The minimum absolute atomic E-state index is 0.404. The highest BCUT2D eigenvalue weighted by Crippen LogP contribution is 2.19. The monoisotopic (exact) mass is 335 g/mol. The molecule has 86 valence electrons. The predicted octanol–water partition coefficient (Wildman–Crippen LogP) is 3.69. The van der Waals surface area contributed by atoms with Gasteiger partial charge in [0.1, 0.15) is 10.1 Å². The lowest BCUT2D eigenvalue weighted by Gasteiger charge is -2.13. The van der Waals surface area contributed by atoms with Gasteiger partial charge in [0.2, 0.25) is 4.38 Å². The highest BCUT2D eigenvalue weighted by atomic mass is 79.9. The normalized spacial score (nSPS) is 9.69. The van der Waals surface area contributed by atoms with Crippen molar-refractivity contribution in [3.63, 3.8) is 0 Å². The van der Waals surface area contributed by atoms with Crippen molar-refractivity contribution in [2.45, 2.75) is 0 Å². The molecule has 0 heterocycles. The number of hydrogen-bond donors (Lipinski definition) is 0. The van der Waals surface area contributed by atoms with Gasteiger partial charge in [0.05, 0.1) is 0 Å². The first-order valence-electron chi connectivity index (χ1n) is 4.35. The average molecular weight is 336 g/mol. The predicted molar refractivity (Wildman–Crippen MR) is 81.2 cm³/mol. The van der Waals surface area contributed by atoms with Crippen molar-refractivity contribution in [2.75, 3.05) is 14.1 Å². The van der Waals surface area contributed by atoms with Crippen LogP contribution in [0.25, 0.3) is 0 Å². The van der Waals surface area contributed by atoms with E-state index in [2.05, 4.69) is 15.9 Å². The van der Waals surface area contributed by atoms with E-state index in [4.69, 9.17) is 29.2 Å². The number of rotatable bonds is 1. The first-order valence-corrected chi connectivity index (χ1v) is 6.78. The fourth-order valence-corrected chi connectivity index (χ4v) is 2.23. The molecule has 2 nitrogen and oxygen atoms in total. The van der Waals surface area contributed by atoms with E-state index in [1.807, 2.05) is 43.3 Å². The summed E-state index contributed by atoms with van der Waals surface area (Å²) in [5, 5.41) is 0. The van der Waals surface area contributed by atoms with Crippen LogP contribution in [0.5, 0.6) is 5.75 Å². The fourth-order valence-electron chi connectivity index (χ4n) is 0.782. The summed E-state index contributed by atoms with van der Waals surface area (Å²) in [7, 11) is 3.75. The van der Waals surface area contributed by atoms with Crippen molar-refractivity contribution in [2.24, 2.45) is 0 Å². The Morgan fingerprint density at radius 1 is 1.25 bits per heavy atom. The maximum Gasteiger partial charge on any atom is 0.232 e. The van der Waals surface area contributed by atoms with Gasteiger partial charge in [-0.1, -0.05) is 28.1 Å². The van der Waals surface area contributed by atoms with Crippen molar-refractivity contribution in [1.29, 1.82) is 0 Å². The summed E-state index contributed by atoms with van der Waals surface area (Å²) in [5.74, 6) is 0.710. The van der Waals surface area contributed by atoms with E-state index in [0.29, 0.717) is 14.5 Å². The van der Waals surface area contributed by atoms with Crippen LogP contribution in [0.2, 0.25) is 0 Å². The molecule has 0 unspecified atom stereocenters. The Balaban J connectivity index is 2.52. The van der Waals surface area contributed by atoms with E-state index in [-0.39, 0.29) is 0 Å². The zero-order valence-corrected chi connectivity index (χ0v) is 12.8. The largest absolute Gasteiger partial charge is 0.439 e. The van der Waals surface area contributed by atoms with Gasteiger partial charge in [-0.3, -0.25) is 0 Å². The summed E-state index contributed by atoms with van der Waals surface area (Å²) in [4.78, 5) is 1.82. The first kappa shape index (κ1) is 13.9. The van der Waals surface area contributed by atoms with Crippen LogP contribution in [0.3, 0.4) is 0 Å². The maximum atomic E-state index is 5.45. The Morgan fingerprint density at radius 3 is 2.31 bits per heavy atom. The van der Waals surface area contributed by atoms with Gasteiger partial charge in [0.25, 0.3) is 0 Å². The van der Waals surface area contributed by atoms with E-state index in [0.717, 1.165) is 4.47 Å². The Hall–Kier alpha value is -0.170. The molecule has 1 aromatic carbocycles. The van der Waals surface area contributed by atoms with Gasteiger partial charge < -0.3 is 9.64 Å². The lowest BCUT2D eigenvalue weighted by atomic mass is 10.3. The van der Waals surface area contributed by atoms with Crippen LogP contribution >= 0.6 is 52.1 Å². The van der Waals surface area contributed by atoms with Crippen LogP contribution in [0, 0.1) is 0 Å². The topological polar surface area (TPSA) is 12.5 Å². The summed E-state index contributed by atoms with van der Waals surface area (Å²) in [6.07, 6.45) is 0. The van der Waals surface area contributed by atoms with E-state index in [9.17, 15) is 0 Å². The number of thiocarbonyl (C=S) groups is 2. The minimum atomic E-state index is 0.404. The number of hydrogen-bond acceptors (Lipinski definition) is 4. The third kappa shape index (κ3) is 4.78. The summed E-state index contributed by atoms with van der Waals surface area (Å²) in [6, 6.07) is 7.48. The second-order valence-corrected chi connectivity index (χ2v) is 6.22. The Kier molecular flexibility index (Phi) is 5.68. The second kappa shape index (κ2) is 6.54. The third-order valence-electron chi connectivity index (χ3n) is 1.55. The van der Waals surface area contributed by atoms with Crippen LogP contribution in [0.1, 0.15) is 0 Å². The fraction of sp³-hybridized carbons (Fsp3) is 0.200. The minimum Gasteiger partial charge on any atom is -0.439 e. The molecule has 0 aliphatic heterocycles. The Morgan fingerprint density at radius 2 is 1.81 bits per heavy atom. The van der Waals surface area contributed by atoms with Crippen LogP contribution in [0.4, 0.5) is 0 Å². The average Bonchev–Trinajstić information content (AvgIpc) is 2.21. The zero-order valence-electron chi connectivity index (χ0n) is 8.77. The Bertz CT molecular complexity index is 392. The molecule has 0 spiro atoms. The molecule has 1 aromatic rings. The van der Waals surface area contributed by atoms with E-state index < -0.39 is 0 Å². The molecule has 0 bridgehead atoms. The summed E-state index contributed by atoms with van der Waals surface area (Å²) in [5.41, 5.74) is 0. The summed E-state index contributed by atoms with van der Waals surface area (Å²) in [6.45, 7) is 0. The first-order chi connectivity index (χ1) is 7.49. The molecular weight excluding hydrogens is 326 g/mol. The third-order valence-corrected chi connectivity index (χ3v) is 3.82. The molecule has 0 saturated heterocycles. The molecule has 0 saturated carbocycles. The maximum absolute atomic E-state index is 5.45. The molecule has 0 fully saturated rings. The van der Waals surface area contributed by atoms with Gasteiger partial charge >= 0.3 is 0 Å². The molecule has 0 N–H and O–H groups in total. The molecular formula is C10H10BrNOS3. The van der Waals surface area contributed by atoms with E-state index >= 15 is 0 Å². The van der Waals surface area contributed by atoms with Gasteiger partial charge in [0.15, 0.2) is 0 Å². The molecule has 0 aliphatic carbocycles. The van der Waals surface area contributed by atoms with E-state index in [1.54, 1.807) is 0 Å². The highest BCUT2D eigenvalue weighted by Gasteiger charge is 2.07. The lowest BCUT2D eigenvalue weighted by Crippen LogP contribution is -2.18. The molecule has 0 aromatic heterocycles. The van der Waals surface area contributed by atoms with Crippen molar-refractivity contribution in [3.8, 4) is 5.75 Å². The van der Waals surface area contributed by atoms with Gasteiger partial charge in [-0.2, -0.15) is 0 Å². The number of ether oxygens (including phenoxy) is 1. The zero-order chi connectivity index (χ0) is 12.1. The van der Waals surface area contributed by atoms with Crippen molar-refractivity contribution in [3.05, 3.63) is 28.7 Å². The number of benzene rings is 1. The van der Waals surface area contributed by atoms with Crippen molar-refractivity contribution < 1.29 is 4.74 Å².